The second kappa shape index (κ2) is 9.07. The van der Waals surface area contributed by atoms with Crippen LogP contribution in [0.25, 0.3) is 0 Å². The van der Waals surface area contributed by atoms with Gasteiger partial charge in [-0.15, -0.1) is 6.42 Å². The fourth-order valence-corrected chi connectivity index (χ4v) is 4.11. The van der Waals surface area contributed by atoms with Crippen molar-refractivity contribution >= 4 is 10.2 Å². The molecule has 5 nitrogen and oxygen atoms in total. The number of hydrogen-bond acceptors (Lipinski definition) is 3. The van der Waals surface area contributed by atoms with Gasteiger partial charge in [-0.2, -0.15) is 12.7 Å². The monoisotopic (exact) mass is 350 g/mol. The molecule has 0 spiro atoms. The molecule has 0 aromatic heterocycles. The quantitative estimate of drug-likeness (QED) is 0.732. The van der Waals surface area contributed by atoms with E-state index in [-0.39, 0.29) is 12.6 Å². The summed E-state index contributed by atoms with van der Waals surface area (Å²) in [5, 5.41) is 0. The minimum atomic E-state index is -3.41. The first-order valence-electron chi connectivity index (χ1n) is 8.41. The molecule has 0 aliphatic heterocycles. The number of nitrogens with one attached hydrogen (secondary N) is 1. The number of ether oxygens (including phenoxy) is 1. The third-order valence-corrected chi connectivity index (χ3v) is 6.04. The predicted molar refractivity (Wildman–Crippen MR) is 96.0 cm³/mol. The zero-order valence-electron chi connectivity index (χ0n) is 14.2. The fraction of sp³-hybridized carbons (Fsp3) is 0.556. The topological polar surface area (TPSA) is 58.6 Å². The van der Waals surface area contributed by atoms with E-state index in [4.69, 9.17) is 11.2 Å². The molecule has 1 aliphatic carbocycles. The van der Waals surface area contributed by atoms with Gasteiger partial charge in [0.25, 0.3) is 10.2 Å². The predicted octanol–water partition coefficient (Wildman–Crippen LogP) is 2.34. The van der Waals surface area contributed by atoms with Crippen molar-refractivity contribution in [2.75, 3.05) is 20.2 Å². The van der Waals surface area contributed by atoms with Gasteiger partial charge in [0.1, 0.15) is 12.4 Å². The second-order valence-electron chi connectivity index (χ2n) is 6.09. The molecule has 1 aromatic rings. The van der Waals surface area contributed by atoms with Crippen LogP contribution in [0.15, 0.2) is 24.3 Å². The van der Waals surface area contributed by atoms with Gasteiger partial charge in [-0.1, -0.05) is 37.3 Å². The van der Waals surface area contributed by atoms with Gasteiger partial charge in [-0.3, -0.25) is 0 Å². The van der Waals surface area contributed by atoms with Crippen molar-refractivity contribution in [1.29, 1.82) is 0 Å². The molecule has 1 saturated carbocycles. The lowest BCUT2D eigenvalue weighted by Gasteiger charge is -2.30. The zero-order chi connectivity index (χ0) is 17.4. The number of nitrogens with zero attached hydrogens (tertiary/aromatic N) is 1. The van der Waals surface area contributed by atoms with Crippen LogP contribution in [0.5, 0.6) is 5.75 Å². The van der Waals surface area contributed by atoms with Crippen LogP contribution in [0.3, 0.4) is 0 Å². The highest BCUT2D eigenvalue weighted by Gasteiger charge is 2.26. The van der Waals surface area contributed by atoms with Crippen LogP contribution in [0.4, 0.5) is 0 Å². The summed E-state index contributed by atoms with van der Waals surface area (Å²) in [7, 11) is -1.74. The summed E-state index contributed by atoms with van der Waals surface area (Å²) in [5.41, 5.74) is 1.05. The molecular weight excluding hydrogens is 324 g/mol. The van der Waals surface area contributed by atoms with E-state index in [0.717, 1.165) is 31.2 Å². The molecule has 1 aliphatic rings. The Bertz CT molecular complexity index is 644. The average Bonchev–Trinajstić information content (AvgIpc) is 2.61. The van der Waals surface area contributed by atoms with Gasteiger partial charge < -0.3 is 4.74 Å². The highest BCUT2D eigenvalue weighted by atomic mass is 32.2. The van der Waals surface area contributed by atoms with Crippen LogP contribution >= 0.6 is 0 Å². The summed E-state index contributed by atoms with van der Waals surface area (Å²) >= 11 is 0. The second-order valence-corrected chi connectivity index (χ2v) is 7.91. The molecule has 0 amide bonds. The van der Waals surface area contributed by atoms with Gasteiger partial charge in [-0.25, -0.2) is 4.72 Å². The van der Waals surface area contributed by atoms with E-state index in [9.17, 15) is 8.42 Å². The number of hydrogen-bond donors (Lipinski definition) is 1. The van der Waals surface area contributed by atoms with Crippen molar-refractivity contribution in [2.24, 2.45) is 0 Å². The lowest BCUT2D eigenvalue weighted by Crippen LogP contribution is -2.45. The maximum absolute atomic E-state index is 12.4. The minimum absolute atomic E-state index is 0.129. The van der Waals surface area contributed by atoms with Crippen molar-refractivity contribution in [1.82, 2.24) is 9.03 Å². The van der Waals surface area contributed by atoms with E-state index in [1.165, 1.54) is 10.7 Å². The number of rotatable bonds is 8. The van der Waals surface area contributed by atoms with Crippen LogP contribution < -0.4 is 9.46 Å². The zero-order valence-corrected chi connectivity index (χ0v) is 15.0. The molecule has 1 aromatic carbocycles. The summed E-state index contributed by atoms with van der Waals surface area (Å²) in [5.74, 6) is 3.13. The molecule has 6 heteroatoms. The van der Waals surface area contributed by atoms with Gasteiger partial charge in [0.15, 0.2) is 0 Å². The van der Waals surface area contributed by atoms with Gasteiger partial charge in [0, 0.05) is 19.6 Å². The van der Waals surface area contributed by atoms with E-state index in [1.54, 1.807) is 7.05 Å². The largest absolute Gasteiger partial charge is 0.481 e. The summed E-state index contributed by atoms with van der Waals surface area (Å²) in [6, 6.07) is 7.66. The summed E-state index contributed by atoms with van der Waals surface area (Å²) in [6.45, 7) is 0.622. The first-order valence-corrected chi connectivity index (χ1v) is 9.85. The van der Waals surface area contributed by atoms with E-state index in [1.807, 2.05) is 24.3 Å². The molecule has 0 radical (unpaired) electrons. The van der Waals surface area contributed by atoms with Crippen LogP contribution in [0.2, 0.25) is 0 Å². The van der Waals surface area contributed by atoms with Crippen LogP contribution in [-0.4, -0.2) is 39.0 Å². The maximum Gasteiger partial charge on any atom is 0.279 e. The van der Waals surface area contributed by atoms with Gasteiger partial charge in [-0.05, 0) is 37.0 Å². The average molecular weight is 350 g/mol. The van der Waals surface area contributed by atoms with Gasteiger partial charge >= 0.3 is 0 Å². The molecule has 132 valence electrons. The number of terminal acetylenes is 1. The molecule has 0 atom stereocenters. The first-order chi connectivity index (χ1) is 11.5. The summed E-state index contributed by atoms with van der Waals surface area (Å²) in [4.78, 5) is 0. The molecule has 0 heterocycles. The standard InChI is InChI=1S/C18H26N2O3S/c1-3-15-23-18-11-9-16(10-12-18)13-14-19-24(21,22)20(2)17-7-5-4-6-8-17/h1,9-12,17,19H,4-8,13-15H2,2H3. The van der Waals surface area contributed by atoms with Crippen molar-refractivity contribution in [2.45, 2.75) is 44.6 Å². The van der Waals surface area contributed by atoms with E-state index in [2.05, 4.69) is 10.6 Å². The Labute approximate surface area is 145 Å². The molecule has 1 fully saturated rings. The minimum Gasteiger partial charge on any atom is -0.481 e. The van der Waals surface area contributed by atoms with Gasteiger partial charge in [0.05, 0.1) is 0 Å². The summed E-state index contributed by atoms with van der Waals surface area (Å²) in [6.07, 6.45) is 11.1. The SMILES string of the molecule is C#CCOc1ccc(CCNS(=O)(=O)N(C)C2CCCCC2)cc1. The van der Waals surface area contributed by atoms with E-state index < -0.39 is 10.2 Å². The Balaban J connectivity index is 1.80. The van der Waals surface area contributed by atoms with Crippen LogP contribution in [0.1, 0.15) is 37.7 Å². The molecule has 2 rings (SSSR count). The molecule has 24 heavy (non-hydrogen) atoms. The van der Waals surface area contributed by atoms with E-state index >= 15 is 0 Å². The highest BCUT2D eigenvalue weighted by Crippen LogP contribution is 2.23. The third-order valence-electron chi connectivity index (χ3n) is 4.41. The number of benzene rings is 1. The molecule has 1 N–H and O–H groups in total. The normalized spacial score (nSPS) is 16.0. The molecule has 0 unspecified atom stereocenters. The van der Waals surface area contributed by atoms with Crippen LogP contribution in [-0.2, 0) is 16.6 Å². The fourth-order valence-electron chi connectivity index (χ4n) is 2.94. The Hall–Kier alpha value is -1.55. The van der Waals surface area contributed by atoms with Crippen molar-refractivity contribution in [3.05, 3.63) is 29.8 Å². The smallest absolute Gasteiger partial charge is 0.279 e. The lowest BCUT2D eigenvalue weighted by molar-refractivity contribution is 0.283. The van der Waals surface area contributed by atoms with Crippen LogP contribution in [0, 0.1) is 12.3 Å². The van der Waals surface area contributed by atoms with E-state index in [0.29, 0.717) is 18.7 Å². The van der Waals surface area contributed by atoms with Crippen molar-refractivity contribution in [3.63, 3.8) is 0 Å². The lowest BCUT2D eigenvalue weighted by atomic mass is 9.96. The molecular formula is C18H26N2O3S. The Morgan fingerprint density at radius 2 is 1.92 bits per heavy atom. The molecule has 0 saturated heterocycles. The van der Waals surface area contributed by atoms with Gasteiger partial charge in [0.2, 0.25) is 0 Å². The Morgan fingerprint density at radius 1 is 1.25 bits per heavy atom. The summed E-state index contributed by atoms with van der Waals surface area (Å²) < 4.78 is 34.2. The highest BCUT2D eigenvalue weighted by molar-refractivity contribution is 7.87. The van der Waals surface area contributed by atoms with Crippen molar-refractivity contribution in [3.8, 4) is 18.1 Å². The Kier molecular flexibility index (Phi) is 7.10. The van der Waals surface area contributed by atoms with Crippen molar-refractivity contribution < 1.29 is 13.2 Å². The third kappa shape index (κ3) is 5.52. The Morgan fingerprint density at radius 3 is 2.54 bits per heavy atom. The first kappa shape index (κ1) is 18.8. The maximum atomic E-state index is 12.4. The molecule has 0 bridgehead atoms.